The summed E-state index contributed by atoms with van der Waals surface area (Å²) in [5, 5.41) is 12.3. The number of nitrogens with zero attached hydrogens (tertiary/aromatic N) is 1. The van der Waals surface area contributed by atoms with E-state index >= 15 is 0 Å². The van der Waals surface area contributed by atoms with Gasteiger partial charge in [0.1, 0.15) is 11.6 Å². The fourth-order valence-electron chi connectivity index (χ4n) is 2.66. The highest BCUT2D eigenvalue weighted by molar-refractivity contribution is 5.49. The normalized spacial score (nSPS) is 29.8. The van der Waals surface area contributed by atoms with Crippen LogP contribution in [0.4, 0.5) is 0 Å². The van der Waals surface area contributed by atoms with Crippen LogP contribution in [0.2, 0.25) is 0 Å². The molecule has 0 radical (unpaired) electrons. The van der Waals surface area contributed by atoms with Crippen molar-refractivity contribution >= 4 is 0 Å². The van der Waals surface area contributed by atoms with Crippen LogP contribution in [0.5, 0.6) is 5.75 Å². The highest BCUT2D eigenvalue weighted by Gasteiger charge is 2.43. The first kappa shape index (κ1) is 10.0. The van der Waals surface area contributed by atoms with Gasteiger partial charge in [0.05, 0.1) is 11.6 Å². The molecule has 0 amide bonds. The predicted octanol–water partition coefficient (Wildman–Crippen LogP) is 1.57. The zero-order chi connectivity index (χ0) is 12.0. The Morgan fingerprint density at radius 1 is 1.53 bits per heavy atom. The molecule has 1 aromatic carbocycles. The molecule has 3 rings (SSSR count). The van der Waals surface area contributed by atoms with Crippen LogP contribution in [0.25, 0.3) is 0 Å². The Hall–Kier alpha value is -2.15. The van der Waals surface area contributed by atoms with Gasteiger partial charge >= 0.3 is 0 Å². The van der Waals surface area contributed by atoms with Crippen molar-refractivity contribution in [3.8, 4) is 11.8 Å². The lowest BCUT2D eigenvalue weighted by molar-refractivity contribution is 0.0256. The van der Waals surface area contributed by atoms with Crippen LogP contribution < -0.4 is 15.8 Å². The maximum atomic E-state index is 9.21. The number of benzene rings is 1. The molecule has 2 aliphatic heterocycles. The minimum Gasteiger partial charge on any atom is -0.468 e. The number of rotatable bonds is 0. The molecular formula is C13H13N3O. The third-order valence-corrected chi connectivity index (χ3v) is 3.38. The molecule has 0 aliphatic carbocycles. The van der Waals surface area contributed by atoms with E-state index in [1.807, 2.05) is 31.2 Å². The van der Waals surface area contributed by atoms with E-state index in [1.165, 1.54) is 0 Å². The van der Waals surface area contributed by atoms with Crippen LogP contribution in [0, 0.1) is 11.3 Å². The van der Waals surface area contributed by atoms with Crippen LogP contribution in [0.15, 0.2) is 35.7 Å². The van der Waals surface area contributed by atoms with Gasteiger partial charge in [-0.3, -0.25) is 0 Å². The molecule has 2 heterocycles. The van der Waals surface area contributed by atoms with Crippen molar-refractivity contribution in [3.63, 3.8) is 0 Å². The van der Waals surface area contributed by atoms with E-state index < -0.39 is 5.72 Å². The highest BCUT2D eigenvalue weighted by atomic mass is 16.5. The third kappa shape index (κ3) is 1.36. The smallest absolute Gasteiger partial charge is 0.179 e. The molecule has 2 atom stereocenters. The summed E-state index contributed by atoms with van der Waals surface area (Å²) in [6, 6.07) is 10.0. The lowest BCUT2D eigenvalue weighted by Crippen LogP contribution is -2.55. The summed E-state index contributed by atoms with van der Waals surface area (Å²) in [5.41, 5.74) is 7.03. The maximum Gasteiger partial charge on any atom is 0.179 e. The molecular weight excluding hydrogens is 214 g/mol. The summed E-state index contributed by atoms with van der Waals surface area (Å²) in [6.07, 6.45) is 0.730. The molecule has 86 valence electrons. The lowest BCUT2D eigenvalue weighted by atomic mass is 9.80. The van der Waals surface area contributed by atoms with Gasteiger partial charge in [-0.2, -0.15) is 5.26 Å². The van der Waals surface area contributed by atoms with Crippen molar-refractivity contribution in [2.45, 2.75) is 25.0 Å². The van der Waals surface area contributed by atoms with E-state index in [4.69, 9.17) is 10.5 Å². The highest BCUT2D eigenvalue weighted by Crippen LogP contribution is 2.46. The van der Waals surface area contributed by atoms with E-state index in [1.54, 1.807) is 0 Å². The second kappa shape index (κ2) is 3.17. The Morgan fingerprint density at radius 3 is 3.06 bits per heavy atom. The van der Waals surface area contributed by atoms with Gasteiger partial charge in [0.2, 0.25) is 0 Å². The van der Waals surface area contributed by atoms with Crippen LogP contribution in [0.3, 0.4) is 0 Å². The average Bonchev–Trinajstić information content (AvgIpc) is 2.28. The quantitative estimate of drug-likeness (QED) is 0.705. The molecule has 1 aromatic rings. The molecule has 0 saturated carbocycles. The molecule has 0 aromatic heterocycles. The monoisotopic (exact) mass is 227 g/mol. The molecule has 3 N–H and O–H groups in total. The van der Waals surface area contributed by atoms with E-state index in [9.17, 15) is 5.26 Å². The molecule has 0 spiro atoms. The molecule has 2 aliphatic rings. The number of hydrogen-bond acceptors (Lipinski definition) is 4. The number of hydrogen-bond donors (Lipinski definition) is 2. The van der Waals surface area contributed by atoms with Crippen molar-refractivity contribution in [3.05, 3.63) is 41.2 Å². The van der Waals surface area contributed by atoms with Crippen molar-refractivity contribution in [2.24, 2.45) is 5.73 Å². The first-order chi connectivity index (χ1) is 8.13. The Kier molecular flexibility index (Phi) is 1.87. The van der Waals surface area contributed by atoms with E-state index in [-0.39, 0.29) is 5.92 Å². The molecule has 0 fully saturated rings. The number of allylic oxidation sites excluding steroid dienone is 1. The third-order valence-electron chi connectivity index (χ3n) is 3.38. The van der Waals surface area contributed by atoms with Gasteiger partial charge in [-0.1, -0.05) is 18.2 Å². The molecule has 17 heavy (non-hydrogen) atoms. The minimum atomic E-state index is -0.510. The maximum absolute atomic E-state index is 9.21. The predicted molar refractivity (Wildman–Crippen MR) is 62.8 cm³/mol. The van der Waals surface area contributed by atoms with Gasteiger partial charge in [0.15, 0.2) is 5.72 Å². The Labute approximate surface area is 99.7 Å². The summed E-state index contributed by atoms with van der Waals surface area (Å²) >= 11 is 0. The number of fused-ring (bicyclic) bond motifs is 4. The fourth-order valence-corrected chi connectivity index (χ4v) is 2.66. The second-order valence-corrected chi connectivity index (χ2v) is 4.69. The molecule has 2 bridgehead atoms. The van der Waals surface area contributed by atoms with Gasteiger partial charge in [-0.25, -0.2) is 0 Å². The Morgan fingerprint density at radius 2 is 2.29 bits per heavy atom. The van der Waals surface area contributed by atoms with Gasteiger partial charge in [-0.05, 0) is 13.0 Å². The molecule has 0 unspecified atom stereocenters. The van der Waals surface area contributed by atoms with E-state index in [0.29, 0.717) is 11.4 Å². The number of para-hydroxylation sites is 1. The standard InChI is InChI=1S/C13H13N3O/c1-13-6-9(10(7-14)12(15)16-13)8-4-2-3-5-11(8)17-13/h2-5,9,16H,6,15H2,1H3/t9-,13-/m0/s1. The Bertz CT molecular complexity index is 558. The van der Waals surface area contributed by atoms with E-state index in [2.05, 4.69) is 11.4 Å². The first-order valence-corrected chi connectivity index (χ1v) is 5.59. The molecule has 4 nitrogen and oxygen atoms in total. The van der Waals surface area contributed by atoms with Crippen LogP contribution in [0.1, 0.15) is 24.8 Å². The zero-order valence-electron chi connectivity index (χ0n) is 9.53. The average molecular weight is 227 g/mol. The van der Waals surface area contributed by atoms with Gasteiger partial charge < -0.3 is 15.8 Å². The van der Waals surface area contributed by atoms with Crippen LogP contribution in [-0.4, -0.2) is 5.72 Å². The van der Waals surface area contributed by atoms with Crippen LogP contribution in [-0.2, 0) is 0 Å². The lowest BCUT2D eigenvalue weighted by Gasteiger charge is -2.44. The fraction of sp³-hybridized carbons (Fsp3) is 0.308. The number of nitriles is 1. The SMILES string of the molecule is C[C@]12C[C@H](C(C#N)=C(N)N1)c1ccccc1O2. The summed E-state index contributed by atoms with van der Waals surface area (Å²) in [6.45, 7) is 1.96. The van der Waals surface area contributed by atoms with Gasteiger partial charge in [0.25, 0.3) is 0 Å². The summed E-state index contributed by atoms with van der Waals surface area (Å²) in [4.78, 5) is 0. The summed E-state index contributed by atoms with van der Waals surface area (Å²) < 4.78 is 5.92. The number of nitrogens with one attached hydrogen (secondary N) is 1. The zero-order valence-corrected chi connectivity index (χ0v) is 9.53. The Balaban J connectivity index is 2.21. The van der Waals surface area contributed by atoms with Crippen molar-refractivity contribution in [2.75, 3.05) is 0 Å². The first-order valence-electron chi connectivity index (χ1n) is 5.59. The number of nitrogens with two attached hydrogens (primary N) is 1. The number of ether oxygens (including phenoxy) is 1. The molecule has 4 heteroatoms. The largest absolute Gasteiger partial charge is 0.468 e. The van der Waals surface area contributed by atoms with Crippen molar-refractivity contribution in [1.29, 1.82) is 5.26 Å². The topological polar surface area (TPSA) is 71.1 Å². The van der Waals surface area contributed by atoms with E-state index in [0.717, 1.165) is 17.7 Å². The molecule has 0 saturated heterocycles. The van der Waals surface area contributed by atoms with Gasteiger partial charge in [0, 0.05) is 17.9 Å². The van der Waals surface area contributed by atoms with Crippen LogP contribution >= 0.6 is 0 Å². The summed E-state index contributed by atoms with van der Waals surface area (Å²) in [5.74, 6) is 1.30. The van der Waals surface area contributed by atoms with Crippen molar-refractivity contribution < 1.29 is 4.74 Å². The minimum absolute atomic E-state index is 0.0381. The van der Waals surface area contributed by atoms with Crippen molar-refractivity contribution in [1.82, 2.24) is 5.32 Å². The summed E-state index contributed by atoms with van der Waals surface area (Å²) in [7, 11) is 0. The van der Waals surface area contributed by atoms with Gasteiger partial charge in [-0.15, -0.1) is 0 Å². The second-order valence-electron chi connectivity index (χ2n) is 4.69.